The number of nitrogens with zero attached hydrogens (tertiary/aromatic N) is 7. The maximum atomic E-state index is 15.9. The lowest BCUT2D eigenvalue weighted by Gasteiger charge is -2.43. The van der Waals surface area contributed by atoms with Crippen molar-refractivity contribution in [2.24, 2.45) is 9.98 Å². The van der Waals surface area contributed by atoms with E-state index in [-0.39, 0.29) is 42.4 Å². The van der Waals surface area contributed by atoms with Gasteiger partial charge in [-0.25, -0.2) is 23.2 Å². The van der Waals surface area contributed by atoms with Crippen molar-refractivity contribution in [3.63, 3.8) is 0 Å². The molecule has 1 aromatic heterocycles. The van der Waals surface area contributed by atoms with E-state index in [4.69, 9.17) is 14.2 Å². The minimum Gasteiger partial charge on any atom is -0.483 e. The molecule has 260 valence electrons. The SMILES string of the molecule is COc1nc(NC2=NC3CC3(F)C(c3ccc(O[C@@H]4CCN(C(=O)[C@H](C)O)CC4(F)F)c(C#N)c3)=N2)ccc1N1CCN(C2COC2)CC1. The van der Waals surface area contributed by atoms with E-state index >= 15 is 4.39 Å². The Morgan fingerprint density at radius 2 is 1.94 bits per heavy atom. The summed E-state index contributed by atoms with van der Waals surface area (Å²) in [6.45, 7) is 5.29. The third kappa shape index (κ3) is 6.38. The largest absolute Gasteiger partial charge is 0.483 e. The smallest absolute Gasteiger partial charge is 0.301 e. The summed E-state index contributed by atoms with van der Waals surface area (Å²) >= 11 is 0. The van der Waals surface area contributed by atoms with Crippen LogP contribution in [0, 0.1) is 11.3 Å². The van der Waals surface area contributed by atoms with Gasteiger partial charge in [-0.05, 0) is 37.3 Å². The summed E-state index contributed by atoms with van der Waals surface area (Å²) in [5, 5.41) is 22.5. The number of pyridine rings is 1. The molecular weight excluding hydrogens is 645 g/mol. The molecule has 1 aromatic carbocycles. The number of hydrogen-bond donors (Lipinski definition) is 2. The van der Waals surface area contributed by atoms with Crippen LogP contribution in [0.25, 0.3) is 0 Å². The quantitative estimate of drug-likeness (QED) is 0.425. The second-order valence-corrected chi connectivity index (χ2v) is 13.0. The van der Waals surface area contributed by atoms with Crippen molar-refractivity contribution in [1.29, 1.82) is 5.26 Å². The number of aliphatic hydroxyl groups is 1. The topological polar surface area (TPSA) is 148 Å². The molecule has 1 saturated carbocycles. The predicted octanol–water partition coefficient (Wildman–Crippen LogP) is 2.23. The van der Waals surface area contributed by atoms with Gasteiger partial charge in [-0.1, -0.05) is 0 Å². The number of aliphatic imine (C=N–C) groups is 2. The third-order valence-electron chi connectivity index (χ3n) is 9.66. The molecular formula is C33H37F3N8O5. The van der Waals surface area contributed by atoms with Gasteiger partial charge in [-0.3, -0.25) is 9.69 Å². The van der Waals surface area contributed by atoms with Gasteiger partial charge < -0.3 is 34.4 Å². The molecule has 4 atom stereocenters. The lowest BCUT2D eigenvalue weighted by molar-refractivity contribution is -0.165. The maximum absolute atomic E-state index is 15.9. The number of piperazine rings is 1. The van der Waals surface area contributed by atoms with E-state index < -0.39 is 42.3 Å². The molecule has 0 spiro atoms. The molecule has 2 unspecified atom stereocenters. The van der Waals surface area contributed by atoms with Crippen molar-refractivity contribution in [1.82, 2.24) is 14.8 Å². The lowest BCUT2D eigenvalue weighted by atomic mass is 10.00. The van der Waals surface area contributed by atoms with E-state index in [9.17, 15) is 23.9 Å². The Bertz CT molecular complexity index is 1720. The monoisotopic (exact) mass is 682 g/mol. The zero-order valence-corrected chi connectivity index (χ0v) is 27.1. The molecule has 16 heteroatoms. The van der Waals surface area contributed by atoms with Crippen LogP contribution in [0.1, 0.15) is 30.9 Å². The fourth-order valence-electron chi connectivity index (χ4n) is 6.67. The van der Waals surface area contributed by atoms with Gasteiger partial charge in [-0.15, -0.1) is 0 Å². The van der Waals surface area contributed by atoms with Gasteiger partial charge in [0.05, 0.1) is 50.2 Å². The number of guanidine groups is 1. The lowest BCUT2D eigenvalue weighted by Crippen LogP contribution is -2.56. The zero-order chi connectivity index (χ0) is 34.5. The number of nitrogens with one attached hydrogen (secondary N) is 1. The first-order chi connectivity index (χ1) is 23.5. The summed E-state index contributed by atoms with van der Waals surface area (Å²) in [4.78, 5) is 31.1. The number of amides is 1. The number of fused-ring (bicyclic) bond motifs is 1. The number of halogens is 3. The number of methoxy groups -OCH3 is 1. The Morgan fingerprint density at radius 1 is 1.16 bits per heavy atom. The number of alkyl halides is 3. The van der Waals surface area contributed by atoms with Crippen LogP contribution in [-0.4, -0.2) is 133 Å². The number of piperidine rings is 1. The normalized spacial score (nSPS) is 27.1. The third-order valence-corrected chi connectivity index (χ3v) is 9.66. The number of ether oxygens (including phenoxy) is 3. The van der Waals surface area contributed by atoms with Gasteiger partial charge in [0.15, 0.2) is 11.8 Å². The van der Waals surface area contributed by atoms with Crippen LogP contribution in [-0.2, 0) is 9.53 Å². The highest BCUT2D eigenvalue weighted by atomic mass is 19.3. The van der Waals surface area contributed by atoms with E-state index in [0.717, 1.165) is 50.0 Å². The fraction of sp³-hybridized carbons (Fsp3) is 0.545. The van der Waals surface area contributed by atoms with Gasteiger partial charge in [-0.2, -0.15) is 10.2 Å². The molecule has 5 heterocycles. The average Bonchev–Trinajstić information content (AvgIpc) is 3.75. The Labute approximate surface area is 281 Å². The Balaban J connectivity index is 1.05. The van der Waals surface area contributed by atoms with Gasteiger partial charge >= 0.3 is 5.92 Å². The summed E-state index contributed by atoms with van der Waals surface area (Å²) in [6, 6.07) is 9.66. The molecule has 4 aliphatic heterocycles. The first-order valence-corrected chi connectivity index (χ1v) is 16.3. The summed E-state index contributed by atoms with van der Waals surface area (Å²) < 4.78 is 62.4. The Hall–Kier alpha value is -4.46. The first-order valence-electron chi connectivity index (χ1n) is 16.3. The van der Waals surface area contributed by atoms with Crippen molar-refractivity contribution in [3.8, 4) is 17.7 Å². The average molecular weight is 683 g/mol. The van der Waals surface area contributed by atoms with E-state index in [2.05, 4.69) is 30.1 Å². The minimum absolute atomic E-state index is 0.0430. The second kappa shape index (κ2) is 12.8. The molecule has 3 saturated heterocycles. The number of hydrogen-bond acceptors (Lipinski definition) is 12. The minimum atomic E-state index is -3.43. The van der Waals surface area contributed by atoms with E-state index in [1.807, 2.05) is 12.1 Å². The number of rotatable bonds is 8. The highest BCUT2D eigenvalue weighted by molar-refractivity contribution is 6.18. The van der Waals surface area contributed by atoms with E-state index in [1.165, 1.54) is 25.1 Å². The molecule has 1 amide bonds. The number of carbonyl (C=O) groups is 1. The van der Waals surface area contributed by atoms with Crippen LogP contribution in [0.15, 0.2) is 40.3 Å². The standard InChI is InChI=1S/C33H37F3N8O5/c1-19(45)30(46)44-8-7-26(33(35,36)18-44)49-24-5-3-20(13-21(24)15-37)28-32(34)14-25(32)38-31(41-28)40-27-6-4-23(29(39-27)47-2)43-11-9-42(10-12-43)22-16-48-17-22/h3-6,13,19,22,25-26,45H,7-12,14,16-18H2,1-2H3,(H,38,39,40)/t19-,25?,26+,32?/m0/s1. The van der Waals surface area contributed by atoms with Gasteiger partial charge in [0.2, 0.25) is 11.8 Å². The Morgan fingerprint density at radius 3 is 2.59 bits per heavy atom. The summed E-state index contributed by atoms with van der Waals surface area (Å²) in [5.74, 6) is -3.34. The number of anilines is 2. The van der Waals surface area contributed by atoms with Crippen LogP contribution in [0.5, 0.6) is 11.6 Å². The zero-order valence-electron chi connectivity index (χ0n) is 27.1. The van der Waals surface area contributed by atoms with Crippen LogP contribution in [0.4, 0.5) is 24.7 Å². The molecule has 13 nitrogen and oxygen atoms in total. The fourth-order valence-corrected chi connectivity index (χ4v) is 6.67. The molecule has 0 radical (unpaired) electrons. The second-order valence-electron chi connectivity index (χ2n) is 13.0. The van der Waals surface area contributed by atoms with Crippen molar-refractivity contribution in [2.75, 3.05) is 69.8 Å². The Kier molecular flexibility index (Phi) is 8.62. The maximum Gasteiger partial charge on any atom is 0.301 e. The molecule has 2 aromatic rings. The van der Waals surface area contributed by atoms with Crippen LogP contribution >= 0.6 is 0 Å². The van der Waals surface area contributed by atoms with Crippen molar-refractivity contribution >= 4 is 29.1 Å². The predicted molar refractivity (Wildman–Crippen MR) is 172 cm³/mol. The van der Waals surface area contributed by atoms with Crippen LogP contribution < -0.4 is 19.7 Å². The van der Waals surface area contributed by atoms with Crippen molar-refractivity contribution in [3.05, 3.63) is 41.5 Å². The number of likely N-dealkylation sites (tertiary alicyclic amines) is 1. The van der Waals surface area contributed by atoms with Gasteiger partial charge in [0.25, 0.3) is 5.91 Å². The van der Waals surface area contributed by atoms with Crippen LogP contribution in [0.2, 0.25) is 0 Å². The summed E-state index contributed by atoms with van der Waals surface area (Å²) in [6.07, 6.45) is -3.12. The molecule has 1 aliphatic carbocycles. The van der Waals surface area contributed by atoms with Crippen molar-refractivity contribution in [2.45, 2.75) is 55.6 Å². The van der Waals surface area contributed by atoms with Crippen LogP contribution in [0.3, 0.4) is 0 Å². The number of carbonyl (C=O) groups excluding carboxylic acids is 1. The molecule has 49 heavy (non-hydrogen) atoms. The number of nitriles is 1. The van der Waals surface area contributed by atoms with E-state index in [0.29, 0.717) is 23.3 Å². The molecule has 4 fully saturated rings. The molecule has 2 N–H and O–H groups in total. The molecule has 7 rings (SSSR count). The number of aliphatic hydroxyl groups excluding tert-OH is 1. The number of benzene rings is 1. The number of aromatic nitrogens is 1. The van der Waals surface area contributed by atoms with Gasteiger partial charge in [0, 0.05) is 51.1 Å². The molecule has 5 aliphatic rings. The molecule has 0 bridgehead atoms. The summed E-state index contributed by atoms with van der Waals surface area (Å²) in [5.41, 5.74) is -0.688. The highest BCUT2D eigenvalue weighted by Gasteiger charge is 2.62. The van der Waals surface area contributed by atoms with Crippen molar-refractivity contribution < 1.29 is 37.3 Å². The summed E-state index contributed by atoms with van der Waals surface area (Å²) in [7, 11) is 1.55. The van der Waals surface area contributed by atoms with E-state index in [1.54, 1.807) is 13.2 Å². The first kappa shape index (κ1) is 33.1. The highest BCUT2D eigenvalue weighted by Crippen LogP contribution is 2.48. The van der Waals surface area contributed by atoms with Gasteiger partial charge in [0.1, 0.15) is 29.4 Å².